The molecule has 0 bridgehead atoms. The Morgan fingerprint density at radius 3 is 2.83 bits per heavy atom. The minimum absolute atomic E-state index is 0.187. The lowest BCUT2D eigenvalue weighted by molar-refractivity contribution is 0.414. The molecule has 1 aromatic heterocycles. The minimum atomic E-state index is 0.187. The summed E-state index contributed by atoms with van der Waals surface area (Å²) in [5, 5.41) is 16.6. The number of nitrogens with one attached hydrogen (secondary N) is 1. The van der Waals surface area contributed by atoms with Crippen LogP contribution < -0.4 is 10.5 Å². The van der Waals surface area contributed by atoms with Gasteiger partial charge in [-0.1, -0.05) is 12.1 Å². The Morgan fingerprint density at radius 1 is 1.25 bits per heavy atom. The molecule has 0 aliphatic heterocycles. The molecule has 0 radical (unpaired) electrons. The molecule has 1 aliphatic carbocycles. The van der Waals surface area contributed by atoms with Crippen LogP contribution in [0.3, 0.4) is 0 Å². The highest BCUT2D eigenvalue weighted by molar-refractivity contribution is 6.16. The summed E-state index contributed by atoms with van der Waals surface area (Å²) in [6.07, 6.45) is 6.79. The van der Waals surface area contributed by atoms with Crippen molar-refractivity contribution in [1.82, 2.24) is 9.97 Å². The Morgan fingerprint density at radius 2 is 2.08 bits per heavy atom. The van der Waals surface area contributed by atoms with Gasteiger partial charge in [0.15, 0.2) is 0 Å². The number of benzene rings is 1. The van der Waals surface area contributed by atoms with Crippen molar-refractivity contribution in [3.8, 4) is 5.75 Å². The van der Waals surface area contributed by atoms with Crippen LogP contribution in [0.15, 0.2) is 60.3 Å². The molecular weight excluding hydrogens is 304 g/mol. The second-order valence-corrected chi connectivity index (χ2v) is 5.17. The number of anilines is 1. The standard InChI is InChI=1S/C18H16N4O2/c1-24-13-4-2-3-12(9-13)17(23)14-10-11(5-6-15(14)19)16-7-8-21-18(20)22-16/h2-10,19,23H,1H3,(H2,20,21,22)/p+1/b17-14-,19-15?. The van der Waals surface area contributed by atoms with Crippen LogP contribution in [-0.4, -0.2) is 27.9 Å². The third kappa shape index (κ3) is 3.03. The predicted molar refractivity (Wildman–Crippen MR) is 94.8 cm³/mol. The number of ether oxygens (including phenoxy) is 1. The van der Waals surface area contributed by atoms with Crippen molar-refractivity contribution in [2.75, 3.05) is 12.8 Å². The van der Waals surface area contributed by atoms with E-state index in [1.54, 1.807) is 43.7 Å². The number of aromatic nitrogens is 2. The Labute approximate surface area is 139 Å². The van der Waals surface area contributed by atoms with Crippen LogP contribution in [0.1, 0.15) is 11.3 Å². The van der Waals surface area contributed by atoms with E-state index in [0.29, 0.717) is 22.6 Å². The van der Waals surface area contributed by atoms with Gasteiger partial charge in [-0.2, -0.15) is 0 Å². The molecule has 0 saturated heterocycles. The lowest BCUT2D eigenvalue weighted by Gasteiger charge is -2.11. The Balaban J connectivity index is 2.07. The molecule has 24 heavy (non-hydrogen) atoms. The second kappa shape index (κ2) is 6.37. The summed E-state index contributed by atoms with van der Waals surface area (Å²) < 4.78 is 5.20. The summed E-state index contributed by atoms with van der Waals surface area (Å²) in [6.45, 7) is 0. The molecule has 0 atom stereocenters. The second-order valence-electron chi connectivity index (χ2n) is 5.17. The number of methoxy groups -OCH3 is 1. The quantitative estimate of drug-likeness (QED) is 0.667. The first kappa shape index (κ1) is 15.5. The molecular formula is C18H17N4O2+. The van der Waals surface area contributed by atoms with Crippen LogP contribution in [0.4, 0.5) is 5.95 Å². The highest BCUT2D eigenvalue weighted by atomic mass is 16.5. The summed E-state index contributed by atoms with van der Waals surface area (Å²) in [5.41, 5.74) is 8.53. The smallest absolute Gasteiger partial charge is 0.270 e. The molecule has 6 nitrogen and oxygen atoms in total. The van der Waals surface area contributed by atoms with Crippen molar-refractivity contribution in [2.24, 2.45) is 0 Å². The van der Waals surface area contributed by atoms with E-state index in [2.05, 4.69) is 9.97 Å². The normalized spacial score (nSPS) is 15.9. The third-order valence-corrected chi connectivity index (χ3v) is 3.62. The number of allylic oxidation sites excluding steroid dienone is 5. The fraction of sp³-hybridized carbons (Fsp3) is 0.0556. The lowest BCUT2D eigenvalue weighted by atomic mass is 9.95. The predicted octanol–water partition coefficient (Wildman–Crippen LogP) is 2.18. The monoisotopic (exact) mass is 321 g/mol. The van der Waals surface area contributed by atoms with Crippen LogP contribution in [0.25, 0.3) is 11.3 Å². The lowest BCUT2D eigenvalue weighted by Crippen LogP contribution is -2.06. The number of nitrogens with two attached hydrogens (primary N) is 1. The van der Waals surface area contributed by atoms with Gasteiger partial charge < -0.3 is 15.6 Å². The highest BCUT2D eigenvalue weighted by Crippen LogP contribution is 2.28. The molecule has 0 unspecified atom stereocenters. The van der Waals surface area contributed by atoms with Crippen molar-refractivity contribution < 1.29 is 9.84 Å². The van der Waals surface area contributed by atoms with Crippen LogP contribution in [-0.2, 0) is 0 Å². The number of hydrogen-bond donors (Lipinski definition) is 2. The highest BCUT2D eigenvalue weighted by Gasteiger charge is 2.19. The van der Waals surface area contributed by atoms with Crippen molar-refractivity contribution in [1.29, 1.82) is 5.41 Å². The van der Waals surface area contributed by atoms with E-state index >= 15 is 0 Å². The summed E-state index contributed by atoms with van der Waals surface area (Å²) in [7, 11) is 1.58. The van der Waals surface area contributed by atoms with E-state index in [4.69, 9.17) is 21.0 Å². The average Bonchev–Trinajstić information content (AvgIpc) is 2.61. The van der Waals surface area contributed by atoms with Gasteiger partial charge >= 0.3 is 0 Å². The van der Waals surface area contributed by atoms with E-state index in [9.17, 15) is 0 Å². The molecule has 2 aromatic rings. The summed E-state index contributed by atoms with van der Waals surface area (Å²) >= 11 is 0. The fourth-order valence-electron chi connectivity index (χ4n) is 2.38. The number of rotatable bonds is 3. The average molecular weight is 321 g/mol. The van der Waals surface area contributed by atoms with E-state index in [0.717, 1.165) is 5.57 Å². The maximum atomic E-state index is 8.45. The molecule has 1 aromatic carbocycles. The number of hydrogen-bond acceptors (Lipinski definition) is 5. The number of nitrogen functional groups attached to an aromatic ring is 1. The summed E-state index contributed by atoms with van der Waals surface area (Å²) in [5.74, 6) is 1.11. The Kier molecular flexibility index (Phi) is 4.11. The molecule has 3 rings (SSSR count). The minimum Gasteiger partial charge on any atom is -0.592 e. The van der Waals surface area contributed by atoms with Gasteiger partial charge in [-0.25, -0.2) is 9.97 Å². The molecule has 0 saturated carbocycles. The molecule has 0 fully saturated rings. The topological polar surface area (TPSA) is 108 Å². The van der Waals surface area contributed by atoms with E-state index in [-0.39, 0.29) is 17.4 Å². The van der Waals surface area contributed by atoms with Crippen LogP contribution in [0.5, 0.6) is 5.75 Å². The summed E-state index contributed by atoms with van der Waals surface area (Å²) in [4.78, 5) is 8.07. The Bertz CT molecular complexity index is 897. The third-order valence-electron chi connectivity index (χ3n) is 3.62. The van der Waals surface area contributed by atoms with Crippen LogP contribution in [0.2, 0.25) is 0 Å². The van der Waals surface area contributed by atoms with E-state index in [1.165, 1.54) is 0 Å². The zero-order valence-corrected chi connectivity index (χ0v) is 13.1. The zero-order valence-electron chi connectivity index (χ0n) is 13.1. The number of nitrogens with zero attached hydrogens (tertiary/aromatic N) is 2. The van der Waals surface area contributed by atoms with Gasteiger partial charge in [0.1, 0.15) is 5.75 Å². The Hall–Kier alpha value is -3.41. The molecule has 5 N–H and O–H groups in total. The van der Waals surface area contributed by atoms with Crippen LogP contribution >= 0.6 is 0 Å². The maximum absolute atomic E-state index is 8.45. The van der Waals surface area contributed by atoms with Crippen molar-refractivity contribution in [2.45, 2.75) is 0 Å². The molecule has 1 aliphatic rings. The fourth-order valence-corrected chi connectivity index (χ4v) is 2.38. The molecule has 1 heterocycles. The van der Waals surface area contributed by atoms with Gasteiger partial charge in [0.2, 0.25) is 5.95 Å². The van der Waals surface area contributed by atoms with Gasteiger partial charge in [-0.05, 0) is 36.4 Å². The van der Waals surface area contributed by atoms with E-state index in [1.807, 2.05) is 18.2 Å². The largest absolute Gasteiger partial charge is 0.592 e. The van der Waals surface area contributed by atoms with Gasteiger partial charge in [0, 0.05) is 11.8 Å². The molecule has 6 heteroatoms. The maximum Gasteiger partial charge on any atom is 0.270 e. The van der Waals surface area contributed by atoms with Gasteiger partial charge in [0.05, 0.1) is 29.7 Å². The van der Waals surface area contributed by atoms with Crippen molar-refractivity contribution in [3.63, 3.8) is 0 Å². The molecule has 120 valence electrons. The van der Waals surface area contributed by atoms with Crippen molar-refractivity contribution >= 4 is 23.0 Å². The van der Waals surface area contributed by atoms with E-state index < -0.39 is 0 Å². The molecule has 0 amide bonds. The SMILES string of the molecule is COc1cccc(/C([OH2+])=C2\C=C(c3ccnc(N)n3)C=CC2=N)c1. The first-order chi connectivity index (χ1) is 11.6. The molecule has 0 spiro atoms. The van der Waals surface area contributed by atoms with Gasteiger partial charge in [0.25, 0.3) is 5.76 Å². The zero-order chi connectivity index (χ0) is 17.1. The van der Waals surface area contributed by atoms with Gasteiger partial charge in [-0.3, -0.25) is 5.41 Å². The van der Waals surface area contributed by atoms with Crippen LogP contribution in [0, 0.1) is 5.41 Å². The van der Waals surface area contributed by atoms with Gasteiger partial charge in [-0.15, -0.1) is 0 Å². The van der Waals surface area contributed by atoms with Crippen molar-refractivity contribution in [3.05, 3.63) is 71.6 Å². The first-order valence-electron chi connectivity index (χ1n) is 7.26. The first-order valence-corrected chi connectivity index (χ1v) is 7.26. The summed E-state index contributed by atoms with van der Waals surface area (Å²) in [6, 6.07) is 8.98.